The quantitative estimate of drug-likeness (QED) is 0.791. The van der Waals surface area contributed by atoms with Crippen LogP contribution in [0.4, 0.5) is 10.1 Å². The second-order valence-corrected chi connectivity index (χ2v) is 5.96. The van der Waals surface area contributed by atoms with E-state index in [2.05, 4.69) is 21.2 Å². The maximum Gasteiger partial charge on any atom is 0.265 e. The van der Waals surface area contributed by atoms with Crippen molar-refractivity contribution < 1.29 is 18.7 Å². The Labute approximate surface area is 146 Å². The molecule has 0 aliphatic carbocycles. The number of carbonyl (C=O) groups is 1. The van der Waals surface area contributed by atoms with Crippen LogP contribution >= 0.6 is 27.5 Å². The molecule has 2 aromatic carbocycles. The van der Waals surface area contributed by atoms with E-state index in [0.717, 1.165) is 0 Å². The highest BCUT2D eigenvalue weighted by Crippen LogP contribution is 2.29. The zero-order valence-electron chi connectivity index (χ0n) is 12.4. The molecule has 0 fully saturated rings. The number of halogens is 3. The van der Waals surface area contributed by atoms with Gasteiger partial charge in [0.1, 0.15) is 17.3 Å². The summed E-state index contributed by atoms with van der Waals surface area (Å²) in [4.78, 5) is 12.3. The van der Waals surface area contributed by atoms with Crippen molar-refractivity contribution in [3.63, 3.8) is 0 Å². The molecular formula is C16H14BrClFNO3. The van der Waals surface area contributed by atoms with Gasteiger partial charge in [0.15, 0.2) is 6.10 Å². The van der Waals surface area contributed by atoms with E-state index in [9.17, 15) is 9.18 Å². The molecule has 122 valence electrons. The van der Waals surface area contributed by atoms with Gasteiger partial charge in [0.2, 0.25) is 0 Å². The Bertz CT molecular complexity index is 726. The highest BCUT2D eigenvalue weighted by atomic mass is 79.9. The Morgan fingerprint density at radius 1 is 1.26 bits per heavy atom. The Morgan fingerprint density at radius 3 is 2.61 bits per heavy atom. The van der Waals surface area contributed by atoms with Gasteiger partial charge < -0.3 is 14.8 Å². The lowest BCUT2D eigenvalue weighted by Crippen LogP contribution is -2.30. The molecule has 0 heterocycles. The average Bonchev–Trinajstić information content (AvgIpc) is 2.50. The van der Waals surface area contributed by atoms with Gasteiger partial charge >= 0.3 is 0 Å². The molecule has 1 amide bonds. The minimum Gasteiger partial charge on any atom is -0.495 e. The van der Waals surface area contributed by atoms with Gasteiger partial charge in [-0.1, -0.05) is 11.6 Å². The molecular weight excluding hydrogens is 389 g/mol. The van der Waals surface area contributed by atoms with Crippen molar-refractivity contribution in [3.05, 3.63) is 51.7 Å². The second-order valence-electron chi connectivity index (χ2n) is 4.67. The first-order valence-corrected chi connectivity index (χ1v) is 7.84. The number of anilines is 1. The van der Waals surface area contributed by atoms with E-state index >= 15 is 0 Å². The summed E-state index contributed by atoms with van der Waals surface area (Å²) in [5.74, 6) is 0.0665. The van der Waals surface area contributed by atoms with Crippen molar-refractivity contribution in [1.82, 2.24) is 0 Å². The van der Waals surface area contributed by atoms with Gasteiger partial charge in [0.25, 0.3) is 5.91 Å². The molecule has 7 heteroatoms. The SMILES string of the molecule is COc1ccc(Cl)cc1NC(=O)[C@H](C)Oc1ccc(F)cc1Br. The predicted molar refractivity (Wildman–Crippen MR) is 90.8 cm³/mol. The van der Waals surface area contributed by atoms with Gasteiger partial charge in [0, 0.05) is 5.02 Å². The van der Waals surface area contributed by atoms with Crippen LogP contribution in [0.25, 0.3) is 0 Å². The third-order valence-corrected chi connectivity index (χ3v) is 3.84. The first-order chi connectivity index (χ1) is 10.9. The van der Waals surface area contributed by atoms with Crippen LogP contribution in [0.5, 0.6) is 11.5 Å². The summed E-state index contributed by atoms with van der Waals surface area (Å²) in [5, 5.41) is 3.16. The summed E-state index contributed by atoms with van der Waals surface area (Å²) in [6, 6.07) is 8.86. The van der Waals surface area contributed by atoms with Crippen molar-refractivity contribution in [3.8, 4) is 11.5 Å². The van der Waals surface area contributed by atoms with E-state index < -0.39 is 11.9 Å². The predicted octanol–water partition coefficient (Wildman–Crippen LogP) is 4.66. The van der Waals surface area contributed by atoms with Gasteiger partial charge in [-0.05, 0) is 59.3 Å². The van der Waals surface area contributed by atoms with Crippen molar-refractivity contribution >= 4 is 39.1 Å². The first kappa shape index (κ1) is 17.6. The zero-order chi connectivity index (χ0) is 17.0. The first-order valence-electron chi connectivity index (χ1n) is 6.67. The van der Waals surface area contributed by atoms with Gasteiger partial charge in [-0.2, -0.15) is 0 Å². The van der Waals surface area contributed by atoms with Gasteiger partial charge in [-0.15, -0.1) is 0 Å². The summed E-state index contributed by atoms with van der Waals surface area (Å²) >= 11 is 9.11. The lowest BCUT2D eigenvalue weighted by Gasteiger charge is -2.17. The lowest BCUT2D eigenvalue weighted by molar-refractivity contribution is -0.122. The molecule has 0 aliphatic heterocycles. The van der Waals surface area contributed by atoms with Crippen LogP contribution in [0.2, 0.25) is 5.02 Å². The summed E-state index contributed by atoms with van der Waals surface area (Å²) in [6.45, 7) is 1.59. The molecule has 23 heavy (non-hydrogen) atoms. The Balaban J connectivity index is 2.10. The van der Waals surface area contributed by atoms with Crippen LogP contribution < -0.4 is 14.8 Å². The average molecular weight is 403 g/mol. The minimum atomic E-state index is -0.805. The minimum absolute atomic E-state index is 0.368. The number of rotatable bonds is 5. The topological polar surface area (TPSA) is 47.6 Å². The van der Waals surface area contributed by atoms with Crippen LogP contribution in [0, 0.1) is 5.82 Å². The summed E-state index contributed by atoms with van der Waals surface area (Å²) in [5.41, 5.74) is 0.443. The van der Waals surface area contributed by atoms with Crippen LogP contribution in [-0.4, -0.2) is 19.1 Å². The summed E-state index contributed by atoms with van der Waals surface area (Å²) < 4.78 is 24.2. The Kier molecular flexibility index (Phi) is 5.85. The third kappa shape index (κ3) is 4.59. The monoisotopic (exact) mass is 401 g/mol. The van der Waals surface area contributed by atoms with Crippen LogP contribution in [0.15, 0.2) is 40.9 Å². The fourth-order valence-electron chi connectivity index (χ4n) is 1.83. The molecule has 2 rings (SSSR count). The number of nitrogens with one attached hydrogen (secondary N) is 1. The fourth-order valence-corrected chi connectivity index (χ4v) is 2.44. The molecule has 0 saturated heterocycles. The highest BCUT2D eigenvalue weighted by Gasteiger charge is 2.18. The summed E-state index contributed by atoms with van der Waals surface area (Å²) in [7, 11) is 1.49. The molecule has 0 bridgehead atoms. The fraction of sp³-hybridized carbons (Fsp3) is 0.188. The maximum atomic E-state index is 13.1. The molecule has 1 N–H and O–H groups in total. The number of amides is 1. The summed E-state index contributed by atoms with van der Waals surface area (Å²) in [6.07, 6.45) is -0.805. The van der Waals surface area contributed by atoms with E-state index in [0.29, 0.717) is 26.7 Å². The molecule has 2 aromatic rings. The van der Waals surface area contributed by atoms with E-state index in [1.165, 1.54) is 25.3 Å². The molecule has 1 atom stereocenters. The molecule has 4 nitrogen and oxygen atoms in total. The number of hydrogen-bond donors (Lipinski definition) is 1. The number of carbonyl (C=O) groups excluding carboxylic acids is 1. The van der Waals surface area contributed by atoms with Crippen molar-refractivity contribution in [1.29, 1.82) is 0 Å². The van der Waals surface area contributed by atoms with Crippen molar-refractivity contribution in [2.24, 2.45) is 0 Å². The molecule has 0 spiro atoms. The van der Waals surface area contributed by atoms with Crippen LogP contribution in [-0.2, 0) is 4.79 Å². The maximum absolute atomic E-state index is 13.1. The number of hydrogen-bond acceptors (Lipinski definition) is 3. The van der Waals surface area contributed by atoms with Crippen LogP contribution in [0.1, 0.15) is 6.92 Å². The third-order valence-electron chi connectivity index (χ3n) is 2.99. The number of methoxy groups -OCH3 is 1. The van der Waals surface area contributed by atoms with Crippen molar-refractivity contribution in [2.75, 3.05) is 12.4 Å². The van der Waals surface area contributed by atoms with Gasteiger partial charge in [0.05, 0.1) is 17.3 Å². The van der Waals surface area contributed by atoms with E-state index in [1.807, 2.05) is 0 Å². The standard InChI is InChI=1S/C16H14BrClFNO3/c1-9(23-14-6-4-11(19)8-12(14)17)16(21)20-13-7-10(18)3-5-15(13)22-2/h3-9H,1-2H3,(H,20,21)/t9-/m0/s1. The molecule has 0 saturated carbocycles. The molecule has 0 radical (unpaired) electrons. The number of benzene rings is 2. The molecule has 0 aliphatic rings. The lowest BCUT2D eigenvalue weighted by atomic mass is 10.2. The highest BCUT2D eigenvalue weighted by molar-refractivity contribution is 9.10. The molecule has 0 unspecified atom stereocenters. The molecule has 0 aromatic heterocycles. The van der Waals surface area contributed by atoms with Gasteiger partial charge in [-0.3, -0.25) is 4.79 Å². The largest absolute Gasteiger partial charge is 0.495 e. The van der Waals surface area contributed by atoms with E-state index in [1.54, 1.807) is 25.1 Å². The Hall–Kier alpha value is -1.79. The zero-order valence-corrected chi connectivity index (χ0v) is 14.7. The Morgan fingerprint density at radius 2 is 1.96 bits per heavy atom. The van der Waals surface area contributed by atoms with Gasteiger partial charge in [-0.25, -0.2) is 4.39 Å². The van der Waals surface area contributed by atoms with Crippen molar-refractivity contribution in [2.45, 2.75) is 13.0 Å². The smallest absolute Gasteiger partial charge is 0.265 e. The normalized spacial score (nSPS) is 11.7. The van der Waals surface area contributed by atoms with E-state index in [4.69, 9.17) is 21.1 Å². The number of ether oxygens (including phenoxy) is 2. The van der Waals surface area contributed by atoms with Crippen LogP contribution in [0.3, 0.4) is 0 Å². The van der Waals surface area contributed by atoms with E-state index in [-0.39, 0.29) is 5.91 Å². The second kappa shape index (κ2) is 7.66.